The molecule has 0 bridgehead atoms. The number of methoxy groups -OCH3 is 1. The summed E-state index contributed by atoms with van der Waals surface area (Å²) in [6.07, 6.45) is 9.62. The number of allylic oxidation sites excluding steroid dienone is 4. The second-order valence-electron chi connectivity index (χ2n) is 4.18. The van der Waals surface area contributed by atoms with Gasteiger partial charge in [-0.1, -0.05) is 30.4 Å². The summed E-state index contributed by atoms with van der Waals surface area (Å²) < 4.78 is 86.8. The van der Waals surface area contributed by atoms with Crippen LogP contribution in [-0.2, 0) is 31.0 Å². The van der Waals surface area contributed by atoms with Crippen LogP contribution < -0.4 is 4.74 Å². The molecule has 1 aromatic carbocycles. The molecular formula is C16H13F6FeO4P-. The first-order valence-corrected chi connectivity index (χ1v) is 8.40. The maximum atomic E-state index is 9.87. The third-order valence-electron chi connectivity index (χ3n) is 2.31. The average molecular weight is 470 g/mol. The van der Waals surface area contributed by atoms with Crippen LogP contribution in [0.3, 0.4) is 0 Å². The van der Waals surface area contributed by atoms with Gasteiger partial charge in [0, 0.05) is 17.1 Å². The molecule has 4 nitrogen and oxygen atoms in total. The molecule has 0 spiro atoms. The molecule has 0 atom stereocenters. The van der Waals surface area contributed by atoms with Crippen molar-refractivity contribution >= 4 is 13.4 Å². The summed E-state index contributed by atoms with van der Waals surface area (Å²) in [5.74, 6) is 0.903. The Kier molecular flexibility index (Phi) is 17.2. The van der Waals surface area contributed by atoms with Crippen LogP contribution in [0.2, 0.25) is 0 Å². The first-order valence-electron chi connectivity index (χ1n) is 6.37. The molecule has 0 unspecified atom stereocenters. The van der Waals surface area contributed by atoms with Gasteiger partial charge in [-0.3, -0.25) is 0 Å². The van der Waals surface area contributed by atoms with Crippen molar-refractivity contribution in [2.45, 2.75) is 6.42 Å². The largest absolute Gasteiger partial charge is 0 e. The van der Waals surface area contributed by atoms with E-state index in [4.69, 9.17) is 18.7 Å². The topological polar surface area (TPSA) is 68.9 Å². The molecule has 2 rings (SSSR count). The van der Waals surface area contributed by atoms with E-state index in [0.717, 1.165) is 12.2 Å². The van der Waals surface area contributed by atoms with E-state index in [2.05, 4.69) is 56.7 Å². The number of halogens is 6. The van der Waals surface area contributed by atoms with Gasteiger partial charge in [-0.15, -0.1) is 0 Å². The zero-order chi connectivity index (χ0) is 22.2. The molecule has 0 saturated carbocycles. The summed E-state index contributed by atoms with van der Waals surface area (Å²) in [7, 11) is -8.97. The predicted octanol–water partition coefficient (Wildman–Crippen LogP) is 6.51. The van der Waals surface area contributed by atoms with E-state index in [-0.39, 0.29) is 17.1 Å². The van der Waals surface area contributed by atoms with Crippen LogP contribution in [0.5, 0.6) is 5.75 Å². The smallest absolute Gasteiger partial charge is 0 e. The van der Waals surface area contributed by atoms with Crippen molar-refractivity contribution in [3.8, 4) is 5.75 Å². The van der Waals surface area contributed by atoms with E-state index in [0.29, 0.717) is 0 Å². The van der Waals surface area contributed by atoms with Gasteiger partial charge in [-0.05, 0) is 36.1 Å². The molecule has 0 N–H and O–H groups in total. The zero-order valence-corrected chi connectivity index (χ0v) is 16.0. The van der Waals surface area contributed by atoms with Crippen molar-refractivity contribution in [3.05, 3.63) is 74.4 Å². The Bertz CT molecular complexity index is 651. The van der Waals surface area contributed by atoms with Gasteiger partial charge in [0.15, 0.2) is 0 Å². The van der Waals surface area contributed by atoms with Crippen LogP contribution in [0, 0.1) is 26.4 Å². The predicted molar refractivity (Wildman–Crippen MR) is 84.4 cm³/mol. The third-order valence-corrected chi connectivity index (χ3v) is 2.31. The van der Waals surface area contributed by atoms with Gasteiger partial charge in [0.1, 0.15) is 5.75 Å². The number of ether oxygens (including phenoxy) is 1. The van der Waals surface area contributed by atoms with Gasteiger partial charge in [0.05, 0.1) is 7.11 Å². The molecule has 1 aliphatic carbocycles. The fraction of sp³-hybridized carbons (Fsp3) is 0.125. The van der Waals surface area contributed by atoms with Gasteiger partial charge >= 0.3 is 66.9 Å². The normalized spacial score (nSPS) is 13.5. The molecule has 157 valence electrons. The summed E-state index contributed by atoms with van der Waals surface area (Å²) in [6.45, 7) is 13.5. The maximum absolute atomic E-state index is 10.7. The number of rotatable bonds is 2. The minimum atomic E-state index is -10.7. The van der Waals surface area contributed by atoms with Crippen LogP contribution in [0.1, 0.15) is 12.0 Å². The molecule has 0 aromatic heterocycles. The van der Waals surface area contributed by atoms with E-state index in [1.165, 1.54) is 11.1 Å². The molecule has 28 heavy (non-hydrogen) atoms. The molecule has 0 aliphatic heterocycles. The number of benzene rings is 1. The Morgan fingerprint density at radius 3 is 1.54 bits per heavy atom. The second-order valence-corrected chi connectivity index (χ2v) is 6.09. The summed E-state index contributed by atoms with van der Waals surface area (Å²) in [4.78, 5) is 0. The minimum Gasteiger partial charge on any atom is 0 e. The first-order chi connectivity index (χ1) is 12.3. The van der Waals surface area contributed by atoms with E-state index >= 15 is 0 Å². The quantitative estimate of drug-likeness (QED) is 0.160. The molecule has 0 heterocycles. The fourth-order valence-corrected chi connectivity index (χ4v) is 1.51. The molecule has 0 fully saturated rings. The van der Waals surface area contributed by atoms with Crippen molar-refractivity contribution in [1.82, 2.24) is 0 Å². The van der Waals surface area contributed by atoms with Crippen LogP contribution in [-0.4, -0.2) is 7.11 Å². The van der Waals surface area contributed by atoms with E-state index < -0.39 is 7.81 Å². The zero-order valence-electron chi connectivity index (χ0n) is 14.0. The number of hydrogen-bond acceptors (Lipinski definition) is 1. The third kappa shape index (κ3) is 26.5. The summed E-state index contributed by atoms with van der Waals surface area (Å²) >= 11 is 0. The second kappa shape index (κ2) is 14.3. The standard InChI is InChI=1S/C13H13O.3CO.F6P.Fe/c1-14-13-9-7-12(8-10-13)11-5-3-2-4-6-11;3*1-2;1-7(2,3,4,5)6;/h2-3,5-10H,4H2,1H3;;;;;/q;;;;-1;. The van der Waals surface area contributed by atoms with Crippen molar-refractivity contribution in [1.29, 1.82) is 0 Å². The molecule has 1 aromatic rings. The van der Waals surface area contributed by atoms with Crippen LogP contribution in [0.15, 0.2) is 42.5 Å². The summed E-state index contributed by atoms with van der Waals surface area (Å²) in [5.41, 5.74) is 2.53. The number of hydrogen-bond donors (Lipinski definition) is 0. The minimum absolute atomic E-state index is 0. The van der Waals surface area contributed by atoms with Crippen LogP contribution in [0.4, 0.5) is 25.2 Å². The average Bonchev–Trinajstić information content (AvgIpc) is 2.65. The molecule has 1 aliphatic rings. The molecule has 0 amide bonds. The SMILES string of the molecule is COc1ccc(C2=CC[CH]C=C2)cc1.F[P-](F)(F)(F)(F)F.[C-]#[O+].[C-]#[O+].[C-]#[O+].[Fe]. The van der Waals surface area contributed by atoms with Crippen molar-refractivity contribution in [2.24, 2.45) is 0 Å². The molecule has 1 radical (unpaired) electrons. The monoisotopic (exact) mass is 470 g/mol. The van der Waals surface area contributed by atoms with Gasteiger partial charge in [0.2, 0.25) is 0 Å². The Morgan fingerprint density at radius 1 is 0.857 bits per heavy atom. The van der Waals surface area contributed by atoms with Crippen LogP contribution in [0.25, 0.3) is 5.57 Å². The Balaban J connectivity index is -0.000000177. The first kappa shape index (κ1) is 33.8. The molecule has 0 saturated heterocycles. The van der Waals surface area contributed by atoms with Crippen LogP contribution >= 0.6 is 7.81 Å². The Labute approximate surface area is 168 Å². The summed E-state index contributed by atoms with van der Waals surface area (Å²) in [5, 5.41) is 0. The maximum Gasteiger partial charge on any atom is 0 e. The van der Waals surface area contributed by atoms with E-state index in [1.54, 1.807) is 7.11 Å². The Hall–Kier alpha value is -1.75. The van der Waals surface area contributed by atoms with Crippen molar-refractivity contribution in [2.75, 3.05) is 7.11 Å². The van der Waals surface area contributed by atoms with Gasteiger partial charge in [0.25, 0.3) is 0 Å². The van der Waals surface area contributed by atoms with Crippen molar-refractivity contribution in [3.63, 3.8) is 0 Å². The van der Waals surface area contributed by atoms with Gasteiger partial charge in [-0.25, -0.2) is 0 Å². The fourth-order valence-electron chi connectivity index (χ4n) is 1.51. The molecule has 12 heteroatoms. The van der Waals surface area contributed by atoms with E-state index in [9.17, 15) is 25.2 Å². The van der Waals surface area contributed by atoms with Gasteiger partial charge < -0.3 is 4.74 Å². The summed E-state index contributed by atoms with van der Waals surface area (Å²) in [6, 6.07) is 8.14. The Morgan fingerprint density at radius 2 is 1.25 bits per heavy atom. The van der Waals surface area contributed by atoms with E-state index in [1.807, 2.05) is 12.1 Å². The molecular weight excluding hydrogens is 457 g/mol. The van der Waals surface area contributed by atoms with Gasteiger partial charge in [-0.2, -0.15) is 0 Å². The van der Waals surface area contributed by atoms with Crippen molar-refractivity contribution < 1.29 is 60.9 Å².